The van der Waals surface area contributed by atoms with Gasteiger partial charge in [-0.2, -0.15) is 0 Å². The zero-order valence-corrected chi connectivity index (χ0v) is 26.1. The van der Waals surface area contributed by atoms with Gasteiger partial charge in [0.25, 0.3) is 0 Å². The SMILES string of the molecule is CC(=O)c1ccc(-c2nnc(-c3cc(-c4nnc(-c5ccc(C(=O)O)cc5)nn4)cc(-c4nnc(-c5ccc(C(=O)O)cc5)nn4)c3)nn2)cc1. The van der Waals surface area contributed by atoms with Crippen LogP contribution < -0.4 is 0 Å². The van der Waals surface area contributed by atoms with E-state index in [-0.39, 0.29) is 51.9 Å². The highest BCUT2D eigenvalue weighted by atomic mass is 16.4. The summed E-state index contributed by atoms with van der Waals surface area (Å²) >= 11 is 0. The molecule has 3 heterocycles. The number of benzene rings is 4. The molecule has 0 amide bonds. The second kappa shape index (κ2) is 13.4. The van der Waals surface area contributed by atoms with Crippen molar-refractivity contribution >= 4 is 17.7 Å². The maximum absolute atomic E-state index is 11.7. The molecule has 3 aromatic heterocycles. The van der Waals surface area contributed by atoms with Crippen LogP contribution in [0.25, 0.3) is 68.3 Å². The van der Waals surface area contributed by atoms with Crippen molar-refractivity contribution in [1.82, 2.24) is 61.2 Å². The van der Waals surface area contributed by atoms with Crippen LogP contribution in [0, 0.1) is 0 Å². The largest absolute Gasteiger partial charge is 0.478 e. The summed E-state index contributed by atoms with van der Waals surface area (Å²) in [6.45, 7) is 1.48. The van der Waals surface area contributed by atoms with Crippen LogP contribution in [0.5, 0.6) is 0 Å². The Balaban J connectivity index is 1.24. The van der Waals surface area contributed by atoms with Gasteiger partial charge in [-0.15, -0.1) is 61.2 Å². The molecule has 0 saturated heterocycles. The smallest absolute Gasteiger partial charge is 0.335 e. The number of carboxylic acids is 2. The number of carbonyl (C=O) groups excluding carboxylic acids is 1. The number of ketones is 1. The average molecular weight is 677 g/mol. The molecule has 7 rings (SSSR count). The maximum Gasteiger partial charge on any atom is 0.335 e. The first-order valence-corrected chi connectivity index (χ1v) is 14.9. The lowest BCUT2D eigenvalue weighted by molar-refractivity contribution is 0.0686. The summed E-state index contributed by atoms with van der Waals surface area (Å²) in [6, 6.07) is 23.7. The molecule has 0 bridgehead atoms. The summed E-state index contributed by atoms with van der Waals surface area (Å²) in [4.78, 5) is 34.1. The summed E-state index contributed by atoms with van der Waals surface area (Å²) in [7, 11) is 0. The van der Waals surface area contributed by atoms with Crippen LogP contribution in [0.4, 0.5) is 0 Å². The molecule has 17 nitrogen and oxygen atoms in total. The van der Waals surface area contributed by atoms with Crippen molar-refractivity contribution in [2.75, 3.05) is 0 Å². The first-order valence-electron chi connectivity index (χ1n) is 14.9. The average Bonchev–Trinajstić information content (AvgIpc) is 3.18. The van der Waals surface area contributed by atoms with E-state index in [0.717, 1.165) is 0 Å². The standard InChI is InChI=1S/C34H20N12O5/c1-17(47)18-2-4-19(5-3-18)27-35-41-30(42-36-27)24-14-25(31-43-37-28(38-44-31)20-6-10-22(11-7-20)33(48)49)16-26(15-24)32-45-39-29(40-46-32)21-8-12-23(13-9-21)34(50)51/h2-16H,1H3,(H,48,49)(H,50,51). The molecule has 0 aliphatic heterocycles. The molecule has 0 aliphatic carbocycles. The summed E-state index contributed by atoms with van der Waals surface area (Å²) in [5.41, 5.74) is 3.73. The molecular weight excluding hydrogens is 656 g/mol. The number of carboxylic acid groups (broad SMARTS) is 2. The number of aromatic nitrogens is 12. The van der Waals surface area contributed by atoms with E-state index >= 15 is 0 Å². The van der Waals surface area contributed by atoms with Crippen LogP contribution in [-0.2, 0) is 0 Å². The summed E-state index contributed by atoms with van der Waals surface area (Å²) in [5.74, 6) is -1.18. The highest BCUT2D eigenvalue weighted by Gasteiger charge is 2.17. The van der Waals surface area contributed by atoms with E-state index < -0.39 is 11.9 Å². The minimum atomic E-state index is -1.06. The number of rotatable bonds is 9. The zero-order chi connectivity index (χ0) is 35.5. The summed E-state index contributed by atoms with van der Waals surface area (Å²) in [6.07, 6.45) is 0. The number of hydrogen-bond acceptors (Lipinski definition) is 15. The molecular formula is C34H20N12O5. The monoisotopic (exact) mass is 676 g/mol. The third-order valence-electron chi connectivity index (χ3n) is 7.47. The van der Waals surface area contributed by atoms with Crippen LogP contribution >= 0.6 is 0 Å². The summed E-state index contributed by atoms with van der Waals surface area (Å²) < 4.78 is 0. The third-order valence-corrected chi connectivity index (χ3v) is 7.47. The molecule has 0 fully saturated rings. The zero-order valence-electron chi connectivity index (χ0n) is 26.1. The minimum Gasteiger partial charge on any atom is -0.478 e. The second-order valence-corrected chi connectivity index (χ2v) is 10.8. The van der Waals surface area contributed by atoms with Crippen LogP contribution in [0.15, 0.2) is 91.0 Å². The van der Waals surface area contributed by atoms with Crippen molar-refractivity contribution in [2.24, 2.45) is 0 Å². The third kappa shape index (κ3) is 6.83. The molecule has 0 atom stereocenters. The van der Waals surface area contributed by atoms with Gasteiger partial charge < -0.3 is 10.2 Å². The molecule has 2 N–H and O–H groups in total. The van der Waals surface area contributed by atoms with Crippen LogP contribution in [-0.4, -0.2) is 89.1 Å². The van der Waals surface area contributed by atoms with E-state index in [1.807, 2.05) is 0 Å². The Bertz CT molecular complexity index is 2120. The molecule has 17 heteroatoms. The highest BCUT2D eigenvalue weighted by molar-refractivity contribution is 5.94. The number of nitrogens with zero attached hydrogens (tertiary/aromatic N) is 12. The maximum atomic E-state index is 11.7. The molecule has 51 heavy (non-hydrogen) atoms. The van der Waals surface area contributed by atoms with Crippen molar-refractivity contribution in [3.63, 3.8) is 0 Å². The van der Waals surface area contributed by atoms with Crippen molar-refractivity contribution in [1.29, 1.82) is 0 Å². The highest BCUT2D eigenvalue weighted by Crippen LogP contribution is 2.29. The van der Waals surface area contributed by atoms with Crippen LogP contribution in [0.2, 0.25) is 0 Å². The number of aromatic carboxylic acids is 2. The van der Waals surface area contributed by atoms with Crippen LogP contribution in [0.3, 0.4) is 0 Å². The fourth-order valence-electron chi connectivity index (χ4n) is 4.77. The van der Waals surface area contributed by atoms with Crippen molar-refractivity contribution in [3.05, 3.63) is 108 Å². The van der Waals surface area contributed by atoms with Gasteiger partial charge >= 0.3 is 11.9 Å². The van der Waals surface area contributed by atoms with Crippen molar-refractivity contribution in [2.45, 2.75) is 6.92 Å². The normalized spacial score (nSPS) is 10.8. The van der Waals surface area contributed by atoms with E-state index in [0.29, 0.717) is 38.9 Å². The lowest BCUT2D eigenvalue weighted by Crippen LogP contribution is -2.03. The van der Waals surface area contributed by atoms with Gasteiger partial charge in [-0.05, 0) is 49.4 Å². The molecule has 0 saturated carbocycles. The molecule has 0 aliphatic rings. The Morgan fingerprint density at radius 3 is 0.784 bits per heavy atom. The first kappa shape index (κ1) is 31.9. The Morgan fingerprint density at radius 2 is 0.569 bits per heavy atom. The predicted molar refractivity (Wildman–Crippen MR) is 177 cm³/mol. The fourth-order valence-corrected chi connectivity index (χ4v) is 4.77. The molecule has 7 aromatic rings. The Hall–Kier alpha value is -7.69. The van der Waals surface area contributed by atoms with Gasteiger partial charge in [0.15, 0.2) is 5.78 Å². The van der Waals surface area contributed by atoms with Crippen molar-refractivity contribution in [3.8, 4) is 68.3 Å². The predicted octanol–water partition coefficient (Wildman–Crippen LogP) is 4.03. The van der Waals surface area contributed by atoms with E-state index in [2.05, 4.69) is 61.2 Å². The molecule has 0 unspecified atom stereocenters. The molecule has 0 radical (unpaired) electrons. The second-order valence-electron chi connectivity index (χ2n) is 10.8. The van der Waals surface area contributed by atoms with Gasteiger partial charge in [0.1, 0.15) is 0 Å². The van der Waals surface area contributed by atoms with Gasteiger partial charge in [0, 0.05) is 38.9 Å². The van der Waals surface area contributed by atoms with Crippen LogP contribution in [0.1, 0.15) is 38.0 Å². The Morgan fingerprint density at radius 1 is 0.353 bits per heavy atom. The van der Waals surface area contributed by atoms with E-state index in [1.54, 1.807) is 66.7 Å². The van der Waals surface area contributed by atoms with Gasteiger partial charge in [0.2, 0.25) is 34.9 Å². The minimum absolute atomic E-state index is 0.0680. The fraction of sp³-hybridized carbons (Fsp3) is 0.0294. The molecule has 0 spiro atoms. The Kier molecular flexibility index (Phi) is 8.40. The topological polar surface area (TPSA) is 246 Å². The molecule has 4 aromatic carbocycles. The molecule has 246 valence electrons. The van der Waals surface area contributed by atoms with E-state index in [4.69, 9.17) is 0 Å². The Labute approximate surface area is 286 Å². The summed E-state index contributed by atoms with van der Waals surface area (Å²) in [5, 5.41) is 69.1. The van der Waals surface area contributed by atoms with Gasteiger partial charge in [-0.25, -0.2) is 9.59 Å². The van der Waals surface area contributed by atoms with Gasteiger partial charge in [0.05, 0.1) is 11.1 Å². The first-order chi connectivity index (χ1) is 24.7. The van der Waals surface area contributed by atoms with Crippen molar-refractivity contribution < 1.29 is 24.6 Å². The number of hydrogen-bond donors (Lipinski definition) is 2. The number of carbonyl (C=O) groups is 3. The van der Waals surface area contributed by atoms with Gasteiger partial charge in [-0.1, -0.05) is 48.5 Å². The van der Waals surface area contributed by atoms with Gasteiger partial charge in [-0.3, -0.25) is 4.79 Å². The van der Waals surface area contributed by atoms with E-state index in [1.165, 1.54) is 31.2 Å². The van der Waals surface area contributed by atoms with E-state index in [9.17, 15) is 24.6 Å². The quantitative estimate of drug-likeness (QED) is 0.205. The lowest BCUT2D eigenvalue weighted by Gasteiger charge is -2.08. The number of Topliss-reactive ketones (excluding diaryl/α,β-unsaturated/α-hetero) is 1. The lowest BCUT2D eigenvalue weighted by atomic mass is 10.0.